The van der Waals surface area contributed by atoms with E-state index in [9.17, 15) is 4.79 Å². The fourth-order valence-electron chi connectivity index (χ4n) is 2.95. The van der Waals surface area contributed by atoms with Crippen LogP contribution < -0.4 is 10.1 Å². The van der Waals surface area contributed by atoms with Crippen LogP contribution in [0.1, 0.15) is 21.9 Å². The molecular formula is C20H18N4O2. The van der Waals surface area contributed by atoms with Crippen molar-refractivity contribution in [1.82, 2.24) is 20.3 Å². The number of aryl methyl sites for hydroxylation is 1. The molecule has 0 saturated heterocycles. The lowest BCUT2D eigenvalue weighted by Crippen LogP contribution is -2.24. The van der Waals surface area contributed by atoms with Crippen LogP contribution >= 0.6 is 0 Å². The van der Waals surface area contributed by atoms with Crippen LogP contribution in [0, 0.1) is 6.92 Å². The molecule has 0 aliphatic heterocycles. The van der Waals surface area contributed by atoms with Crippen molar-refractivity contribution in [2.24, 2.45) is 0 Å². The number of ether oxygens (including phenoxy) is 1. The predicted octanol–water partition coefficient (Wildman–Crippen LogP) is 3.36. The molecule has 0 saturated carbocycles. The monoisotopic (exact) mass is 346 g/mol. The van der Waals surface area contributed by atoms with Crippen LogP contribution in [0.2, 0.25) is 0 Å². The fourth-order valence-corrected chi connectivity index (χ4v) is 2.95. The lowest BCUT2D eigenvalue weighted by molar-refractivity contribution is 0.0949. The van der Waals surface area contributed by atoms with E-state index < -0.39 is 0 Å². The van der Waals surface area contributed by atoms with Crippen LogP contribution in [0.5, 0.6) is 5.75 Å². The summed E-state index contributed by atoms with van der Waals surface area (Å²) in [5, 5.41) is 3.80. The van der Waals surface area contributed by atoms with E-state index in [4.69, 9.17) is 4.74 Å². The van der Waals surface area contributed by atoms with Gasteiger partial charge in [0.25, 0.3) is 5.91 Å². The molecule has 1 amide bonds. The van der Waals surface area contributed by atoms with Crippen molar-refractivity contribution in [3.8, 4) is 5.75 Å². The van der Waals surface area contributed by atoms with E-state index in [2.05, 4.69) is 20.3 Å². The Bertz CT molecular complexity index is 1080. The minimum absolute atomic E-state index is 0.173. The highest BCUT2D eigenvalue weighted by molar-refractivity contribution is 5.98. The quantitative estimate of drug-likeness (QED) is 0.594. The van der Waals surface area contributed by atoms with Crippen molar-refractivity contribution in [2.75, 3.05) is 7.11 Å². The highest BCUT2D eigenvalue weighted by Crippen LogP contribution is 2.21. The zero-order valence-corrected chi connectivity index (χ0v) is 14.5. The number of aromatic nitrogens is 3. The van der Waals surface area contributed by atoms with Crippen LogP contribution in [0.15, 0.2) is 48.5 Å². The Morgan fingerprint density at radius 1 is 1.12 bits per heavy atom. The number of nitrogens with one attached hydrogen (secondary N) is 2. The van der Waals surface area contributed by atoms with Crippen LogP contribution in [-0.4, -0.2) is 28.0 Å². The molecule has 4 aromatic rings. The molecule has 6 nitrogen and oxygen atoms in total. The first-order valence-electron chi connectivity index (χ1n) is 8.31. The maximum absolute atomic E-state index is 12.6. The average molecular weight is 346 g/mol. The van der Waals surface area contributed by atoms with Gasteiger partial charge in [-0.2, -0.15) is 0 Å². The molecule has 2 aromatic carbocycles. The Hall–Kier alpha value is -3.41. The van der Waals surface area contributed by atoms with Crippen LogP contribution in [0.3, 0.4) is 0 Å². The highest BCUT2D eigenvalue weighted by atomic mass is 16.5. The Morgan fingerprint density at radius 2 is 1.96 bits per heavy atom. The normalized spacial score (nSPS) is 11.0. The Kier molecular flexibility index (Phi) is 4.01. The third kappa shape index (κ3) is 2.97. The second kappa shape index (κ2) is 6.48. The number of amides is 1. The first kappa shape index (κ1) is 16.1. The molecular weight excluding hydrogens is 328 g/mol. The minimum Gasteiger partial charge on any atom is -0.497 e. The second-order valence-electron chi connectivity index (χ2n) is 6.06. The summed E-state index contributed by atoms with van der Waals surface area (Å²) in [6.07, 6.45) is 0. The van der Waals surface area contributed by atoms with E-state index in [1.54, 1.807) is 7.11 Å². The van der Waals surface area contributed by atoms with Crippen molar-refractivity contribution in [3.05, 3.63) is 65.6 Å². The van der Waals surface area contributed by atoms with E-state index in [0.29, 0.717) is 17.8 Å². The van der Waals surface area contributed by atoms with E-state index in [-0.39, 0.29) is 5.91 Å². The molecule has 0 bridgehead atoms. The van der Waals surface area contributed by atoms with E-state index in [0.717, 1.165) is 33.5 Å². The van der Waals surface area contributed by atoms with Gasteiger partial charge in [0.2, 0.25) is 0 Å². The van der Waals surface area contributed by atoms with Crippen LogP contribution in [0.4, 0.5) is 0 Å². The number of H-pyrrole nitrogens is 1. The molecule has 0 aliphatic carbocycles. The number of hydrogen-bond acceptors (Lipinski definition) is 4. The summed E-state index contributed by atoms with van der Waals surface area (Å²) < 4.78 is 5.22. The van der Waals surface area contributed by atoms with Gasteiger partial charge in [0.1, 0.15) is 11.6 Å². The number of benzene rings is 2. The van der Waals surface area contributed by atoms with Crippen molar-refractivity contribution in [3.63, 3.8) is 0 Å². The molecule has 2 N–H and O–H groups in total. The Balaban J connectivity index is 1.56. The van der Waals surface area contributed by atoms with Gasteiger partial charge in [0.05, 0.1) is 41.5 Å². The van der Waals surface area contributed by atoms with Gasteiger partial charge in [-0.3, -0.25) is 9.78 Å². The molecule has 0 aliphatic rings. The number of para-hydroxylation sites is 2. The number of aromatic amines is 1. The molecule has 0 radical (unpaired) electrons. The maximum atomic E-state index is 12.6. The van der Waals surface area contributed by atoms with Crippen molar-refractivity contribution in [1.29, 1.82) is 0 Å². The molecule has 0 fully saturated rings. The van der Waals surface area contributed by atoms with Crippen molar-refractivity contribution in [2.45, 2.75) is 13.5 Å². The van der Waals surface area contributed by atoms with E-state index in [1.807, 2.05) is 55.5 Å². The summed E-state index contributed by atoms with van der Waals surface area (Å²) in [5.41, 5.74) is 3.87. The molecule has 2 aromatic heterocycles. The lowest BCUT2D eigenvalue weighted by Gasteiger charge is -2.09. The predicted molar refractivity (Wildman–Crippen MR) is 100 cm³/mol. The Morgan fingerprint density at radius 3 is 2.77 bits per heavy atom. The van der Waals surface area contributed by atoms with Crippen LogP contribution in [-0.2, 0) is 6.54 Å². The summed E-state index contributed by atoms with van der Waals surface area (Å²) in [4.78, 5) is 24.8. The fraction of sp³-hybridized carbons (Fsp3) is 0.150. The summed E-state index contributed by atoms with van der Waals surface area (Å²) in [7, 11) is 1.62. The van der Waals surface area contributed by atoms with Gasteiger partial charge in [-0.15, -0.1) is 0 Å². The van der Waals surface area contributed by atoms with Gasteiger partial charge in [-0.05, 0) is 37.3 Å². The smallest absolute Gasteiger partial charge is 0.253 e. The molecule has 0 unspecified atom stereocenters. The number of carbonyl (C=O) groups is 1. The number of carbonyl (C=O) groups excluding carboxylic acids is 1. The maximum Gasteiger partial charge on any atom is 0.253 e. The first-order valence-corrected chi connectivity index (χ1v) is 8.31. The standard InChI is InChI=1S/C20H18N4O2/c1-12-15(9-13-7-8-14(26-2)10-18(13)22-12)20(25)21-11-19-23-16-5-3-4-6-17(16)24-19/h3-10H,11H2,1-2H3,(H,21,25)(H,23,24). The summed E-state index contributed by atoms with van der Waals surface area (Å²) in [6, 6.07) is 15.2. The summed E-state index contributed by atoms with van der Waals surface area (Å²) in [5.74, 6) is 1.29. The number of fused-ring (bicyclic) bond motifs is 2. The van der Waals surface area contributed by atoms with Gasteiger partial charge in [-0.25, -0.2) is 4.98 Å². The zero-order chi connectivity index (χ0) is 18.1. The number of pyridine rings is 1. The minimum atomic E-state index is -0.173. The number of rotatable bonds is 4. The molecule has 0 spiro atoms. The van der Waals surface area contributed by atoms with Crippen molar-refractivity contribution >= 4 is 27.8 Å². The second-order valence-corrected chi connectivity index (χ2v) is 6.06. The summed E-state index contributed by atoms with van der Waals surface area (Å²) >= 11 is 0. The van der Waals surface area contributed by atoms with Gasteiger partial charge in [0.15, 0.2) is 0 Å². The van der Waals surface area contributed by atoms with Gasteiger partial charge in [0, 0.05) is 11.5 Å². The van der Waals surface area contributed by atoms with Crippen molar-refractivity contribution < 1.29 is 9.53 Å². The highest BCUT2D eigenvalue weighted by Gasteiger charge is 2.13. The number of methoxy groups -OCH3 is 1. The third-order valence-electron chi connectivity index (χ3n) is 4.31. The van der Waals surface area contributed by atoms with E-state index in [1.165, 1.54) is 0 Å². The SMILES string of the molecule is COc1ccc2cc(C(=O)NCc3nc4ccccc4[nH]3)c(C)nc2c1. The van der Waals surface area contributed by atoms with Gasteiger partial charge >= 0.3 is 0 Å². The van der Waals surface area contributed by atoms with Crippen LogP contribution in [0.25, 0.3) is 21.9 Å². The number of hydrogen-bond donors (Lipinski definition) is 2. The molecule has 2 heterocycles. The summed E-state index contributed by atoms with van der Waals surface area (Å²) in [6.45, 7) is 2.16. The molecule has 4 rings (SSSR count). The molecule has 130 valence electrons. The molecule has 26 heavy (non-hydrogen) atoms. The third-order valence-corrected chi connectivity index (χ3v) is 4.31. The molecule has 6 heteroatoms. The largest absolute Gasteiger partial charge is 0.497 e. The van der Waals surface area contributed by atoms with Gasteiger partial charge in [-0.1, -0.05) is 12.1 Å². The first-order chi connectivity index (χ1) is 12.6. The van der Waals surface area contributed by atoms with E-state index >= 15 is 0 Å². The topological polar surface area (TPSA) is 79.9 Å². The number of nitrogens with zero attached hydrogens (tertiary/aromatic N) is 2. The Labute approximate surface area is 150 Å². The number of imidazole rings is 1. The zero-order valence-electron chi connectivity index (χ0n) is 14.5. The van der Waals surface area contributed by atoms with Gasteiger partial charge < -0.3 is 15.0 Å². The molecule has 0 atom stereocenters. The lowest BCUT2D eigenvalue weighted by atomic mass is 10.1. The average Bonchev–Trinajstić information content (AvgIpc) is 3.08.